The molecule has 0 saturated carbocycles. The Kier molecular flexibility index (Phi) is 5.93. The first-order chi connectivity index (χ1) is 16.5. The lowest BCUT2D eigenvalue weighted by atomic mass is 10.1. The predicted octanol–water partition coefficient (Wildman–Crippen LogP) is 2.05. The van der Waals surface area contributed by atoms with Crippen LogP contribution in [0.3, 0.4) is 0 Å². The molecular formula is C23H24FN7O3. The van der Waals surface area contributed by atoms with Gasteiger partial charge in [-0.15, -0.1) is 0 Å². The SMILES string of the molecule is O=C(c1ccc(F)cc1)N1CCN(c2ncnc3cc(N4CCNCC4)c([N+](=O)[O-])cc23)CC1. The Hall–Kier alpha value is -3.86. The van der Waals surface area contributed by atoms with Crippen molar-refractivity contribution in [2.45, 2.75) is 0 Å². The number of carbonyl (C=O) groups excluding carboxylic acids is 1. The van der Waals surface area contributed by atoms with E-state index in [-0.39, 0.29) is 22.3 Å². The number of hydrogen-bond acceptors (Lipinski definition) is 8. The lowest BCUT2D eigenvalue weighted by Crippen LogP contribution is -2.49. The number of nitro groups is 1. The largest absolute Gasteiger partial charge is 0.363 e. The molecule has 3 aromatic rings. The molecule has 1 aromatic heterocycles. The van der Waals surface area contributed by atoms with Crippen molar-refractivity contribution >= 4 is 34.0 Å². The second-order valence-corrected chi connectivity index (χ2v) is 8.34. The smallest absolute Gasteiger partial charge is 0.293 e. The van der Waals surface area contributed by atoms with Crippen molar-refractivity contribution in [3.8, 4) is 0 Å². The Morgan fingerprint density at radius 1 is 0.971 bits per heavy atom. The van der Waals surface area contributed by atoms with Crippen molar-refractivity contribution in [1.29, 1.82) is 0 Å². The first-order valence-corrected chi connectivity index (χ1v) is 11.2. The van der Waals surface area contributed by atoms with Crippen LogP contribution in [-0.4, -0.2) is 78.1 Å². The van der Waals surface area contributed by atoms with Crippen molar-refractivity contribution < 1.29 is 14.1 Å². The van der Waals surface area contributed by atoms with Gasteiger partial charge in [0.15, 0.2) is 0 Å². The number of nitrogens with one attached hydrogen (secondary N) is 1. The Balaban J connectivity index is 1.40. The maximum Gasteiger partial charge on any atom is 0.293 e. The van der Waals surface area contributed by atoms with E-state index in [0.717, 1.165) is 13.1 Å². The van der Waals surface area contributed by atoms with Crippen molar-refractivity contribution in [3.05, 3.63) is 64.2 Å². The van der Waals surface area contributed by atoms with Gasteiger partial charge in [0.2, 0.25) is 0 Å². The van der Waals surface area contributed by atoms with Crippen molar-refractivity contribution in [3.63, 3.8) is 0 Å². The van der Waals surface area contributed by atoms with E-state index >= 15 is 0 Å². The van der Waals surface area contributed by atoms with E-state index in [2.05, 4.69) is 15.3 Å². The molecule has 176 valence electrons. The number of anilines is 2. The first kappa shape index (κ1) is 22.0. The summed E-state index contributed by atoms with van der Waals surface area (Å²) in [5.74, 6) is 0.0866. The number of aromatic nitrogens is 2. The van der Waals surface area contributed by atoms with Crippen LogP contribution in [0, 0.1) is 15.9 Å². The van der Waals surface area contributed by atoms with Gasteiger partial charge in [-0.3, -0.25) is 14.9 Å². The normalized spacial score (nSPS) is 16.7. The van der Waals surface area contributed by atoms with Crippen LogP contribution >= 0.6 is 0 Å². The van der Waals surface area contributed by atoms with Gasteiger partial charge in [-0.2, -0.15) is 0 Å². The highest BCUT2D eigenvalue weighted by Gasteiger charge is 2.27. The van der Waals surface area contributed by atoms with E-state index in [1.54, 1.807) is 17.0 Å². The molecule has 0 radical (unpaired) electrons. The Morgan fingerprint density at radius 3 is 2.35 bits per heavy atom. The lowest BCUT2D eigenvalue weighted by molar-refractivity contribution is -0.384. The van der Waals surface area contributed by atoms with Crippen LogP contribution in [0.15, 0.2) is 42.7 Å². The summed E-state index contributed by atoms with van der Waals surface area (Å²) in [6.45, 7) is 4.88. The fraction of sp³-hybridized carbons (Fsp3) is 0.348. The summed E-state index contributed by atoms with van der Waals surface area (Å²) < 4.78 is 13.2. The lowest BCUT2D eigenvalue weighted by Gasteiger charge is -2.36. The van der Waals surface area contributed by atoms with E-state index in [1.807, 2.05) is 9.80 Å². The summed E-state index contributed by atoms with van der Waals surface area (Å²) in [5.41, 5.74) is 1.70. The molecular weight excluding hydrogens is 441 g/mol. The van der Waals surface area contributed by atoms with Crippen LogP contribution in [0.1, 0.15) is 10.4 Å². The summed E-state index contributed by atoms with van der Waals surface area (Å²) >= 11 is 0. The number of fused-ring (bicyclic) bond motifs is 1. The monoisotopic (exact) mass is 465 g/mol. The van der Waals surface area contributed by atoms with Crippen LogP contribution in [0.4, 0.5) is 21.6 Å². The second kappa shape index (κ2) is 9.18. The van der Waals surface area contributed by atoms with Crippen LogP contribution in [-0.2, 0) is 0 Å². The standard InChI is InChI=1S/C23H24FN7O3/c24-17-3-1-16(2-4-17)23(32)30-11-9-29(10-12-30)22-18-13-21(31(33)34)20(14-19(18)26-15-27-22)28-7-5-25-6-8-28/h1-4,13-15,25H,5-12H2. The third kappa shape index (κ3) is 4.21. The van der Waals surface area contributed by atoms with Gasteiger partial charge >= 0.3 is 0 Å². The van der Waals surface area contributed by atoms with Crippen molar-refractivity contribution in [1.82, 2.24) is 20.2 Å². The molecule has 2 aliphatic rings. The second-order valence-electron chi connectivity index (χ2n) is 8.34. The number of benzene rings is 2. The minimum atomic E-state index is -0.383. The Bertz CT molecular complexity index is 1220. The molecule has 10 nitrogen and oxygen atoms in total. The number of piperazine rings is 2. The number of nitrogens with zero attached hydrogens (tertiary/aromatic N) is 6. The summed E-state index contributed by atoms with van der Waals surface area (Å²) in [4.78, 5) is 38.9. The molecule has 3 heterocycles. The number of carbonyl (C=O) groups is 1. The quantitative estimate of drug-likeness (QED) is 0.461. The molecule has 2 fully saturated rings. The number of hydrogen-bond donors (Lipinski definition) is 1. The van der Waals surface area contributed by atoms with Gasteiger partial charge in [0.25, 0.3) is 11.6 Å². The topological polar surface area (TPSA) is 108 Å². The summed E-state index contributed by atoms with van der Waals surface area (Å²) in [7, 11) is 0. The van der Waals surface area contributed by atoms with Gasteiger partial charge in [-0.1, -0.05) is 0 Å². The summed E-state index contributed by atoms with van der Waals surface area (Å²) in [5, 5.41) is 15.8. The van der Waals surface area contributed by atoms with Crippen molar-refractivity contribution in [2.24, 2.45) is 0 Å². The summed E-state index contributed by atoms with van der Waals surface area (Å²) in [6.07, 6.45) is 1.47. The predicted molar refractivity (Wildman–Crippen MR) is 126 cm³/mol. The molecule has 0 aliphatic carbocycles. The van der Waals surface area contributed by atoms with Gasteiger partial charge < -0.3 is 20.0 Å². The highest BCUT2D eigenvalue weighted by Crippen LogP contribution is 2.35. The zero-order valence-corrected chi connectivity index (χ0v) is 18.5. The first-order valence-electron chi connectivity index (χ1n) is 11.2. The molecule has 0 unspecified atom stereocenters. The number of halogens is 1. The van der Waals surface area contributed by atoms with E-state index in [9.17, 15) is 19.3 Å². The van der Waals surface area contributed by atoms with E-state index < -0.39 is 0 Å². The van der Waals surface area contributed by atoms with Gasteiger partial charge in [-0.05, 0) is 30.3 Å². The van der Waals surface area contributed by atoms with Crippen LogP contribution < -0.4 is 15.1 Å². The number of nitro benzene ring substituents is 1. The van der Waals surface area contributed by atoms with Gasteiger partial charge in [0.1, 0.15) is 23.6 Å². The zero-order chi connectivity index (χ0) is 23.7. The fourth-order valence-electron chi connectivity index (χ4n) is 4.52. The third-order valence-corrected chi connectivity index (χ3v) is 6.32. The molecule has 5 rings (SSSR count). The van der Waals surface area contributed by atoms with Crippen LogP contribution in [0.5, 0.6) is 0 Å². The molecule has 2 aliphatic heterocycles. The fourth-order valence-corrected chi connectivity index (χ4v) is 4.52. The van der Waals surface area contributed by atoms with E-state index in [0.29, 0.717) is 67.2 Å². The van der Waals surface area contributed by atoms with Gasteiger partial charge in [-0.25, -0.2) is 14.4 Å². The number of amides is 1. The highest BCUT2D eigenvalue weighted by atomic mass is 19.1. The van der Waals surface area contributed by atoms with E-state index in [1.165, 1.54) is 30.6 Å². The molecule has 34 heavy (non-hydrogen) atoms. The average Bonchev–Trinajstić information content (AvgIpc) is 2.88. The minimum absolute atomic E-state index is 0.0376. The molecule has 11 heteroatoms. The Morgan fingerprint density at radius 2 is 1.68 bits per heavy atom. The molecule has 1 amide bonds. The zero-order valence-electron chi connectivity index (χ0n) is 18.5. The molecule has 0 atom stereocenters. The molecule has 1 N–H and O–H groups in total. The minimum Gasteiger partial charge on any atom is -0.363 e. The van der Waals surface area contributed by atoms with Gasteiger partial charge in [0.05, 0.1) is 10.4 Å². The molecule has 2 saturated heterocycles. The Labute approximate surface area is 195 Å². The van der Waals surface area contributed by atoms with Crippen LogP contribution in [0.25, 0.3) is 10.9 Å². The number of rotatable bonds is 4. The maximum absolute atomic E-state index is 13.2. The molecule has 0 bridgehead atoms. The van der Waals surface area contributed by atoms with Gasteiger partial charge in [0, 0.05) is 69.4 Å². The third-order valence-electron chi connectivity index (χ3n) is 6.32. The van der Waals surface area contributed by atoms with E-state index in [4.69, 9.17) is 0 Å². The summed E-state index contributed by atoms with van der Waals surface area (Å²) in [6, 6.07) is 8.86. The molecule has 0 spiro atoms. The van der Waals surface area contributed by atoms with Crippen LogP contribution in [0.2, 0.25) is 0 Å². The average molecular weight is 465 g/mol. The molecule has 2 aromatic carbocycles. The maximum atomic E-state index is 13.2. The highest BCUT2D eigenvalue weighted by molar-refractivity contribution is 5.96. The van der Waals surface area contributed by atoms with Crippen molar-refractivity contribution in [2.75, 3.05) is 62.2 Å².